The summed E-state index contributed by atoms with van der Waals surface area (Å²) in [6.07, 6.45) is 0. The third-order valence-electron chi connectivity index (χ3n) is 4.72. The first-order chi connectivity index (χ1) is 13.4. The number of benzene rings is 2. The molecule has 4 amide bonds. The molecule has 1 atom stereocenters. The molecule has 0 spiro atoms. The highest BCUT2D eigenvalue weighted by Gasteiger charge is 2.50. The third kappa shape index (κ3) is 2.75. The maximum Gasteiger partial charge on any atom is 0.344 e. The standard InChI is InChI=1S/C20H17N3O5/c1-20(13-7-9-14(27-2)10-8-13)18(25)23(19(26)21-20)22-17(24)16-11-12-5-3-4-6-15(12)28-16/h3-11H,1-2H3,(H,21,26)(H,22,24)/t20-/m1/s1. The van der Waals surface area contributed by atoms with Crippen LogP contribution >= 0.6 is 0 Å². The predicted octanol–water partition coefficient (Wildman–Crippen LogP) is 2.55. The Hall–Kier alpha value is -3.81. The third-order valence-corrected chi connectivity index (χ3v) is 4.72. The number of furan rings is 1. The van der Waals surface area contributed by atoms with Crippen molar-refractivity contribution >= 4 is 28.8 Å². The van der Waals surface area contributed by atoms with Gasteiger partial charge in [0.15, 0.2) is 5.76 Å². The number of ether oxygens (including phenoxy) is 1. The molecule has 2 N–H and O–H groups in total. The van der Waals surface area contributed by atoms with Crippen molar-refractivity contribution in [3.63, 3.8) is 0 Å². The van der Waals surface area contributed by atoms with E-state index >= 15 is 0 Å². The molecule has 1 aliphatic heterocycles. The fourth-order valence-electron chi connectivity index (χ4n) is 3.11. The molecular weight excluding hydrogens is 362 g/mol. The fourth-order valence-corrected chi connectivity index (χ4v) is 3.11. The number of nitrogens with zero attached hydrogens (tertiary/aromatic N) is 1. The zero-order chi connectivity index (χ0) is 19.9. The lowest BCUT2D eigenvalue weighted by Gasteiger charge is -2.22. The van der Waals surface area contributed by atoms with E-state index in [2.05, 4.69) is 10.7 Å². The highest BCUT2D eigenvalue weighted by atomic mass is 16.5. The van der Waals surface area contributed by atoms with Crippen LogP contribution in [-0.4, -0.2) is 30.0 Å². The number of para-hydroxylation sites is 1. The Morgan fingerprint density at radius 1 is 1.14 bits per heavy atom. The van der Waals surface area contributed by atoms with Gasteiger partial charge in [0, 0.05) is 5.39 Å². The van der Waals surface area contributed by atoms with Gasteiger partial charge in [0.1, 0.15) is 16.9 Å². The Labute approximate surface area is 160 Å². The predicted molar refractivity (Wildman–Crippen MR) is 99.4 cm³/mol. The second-order valence-corrected chi connectivity index (χ2v) is 6.51. The SMILES string of the molecule is COc1ccc([C@@]2(C)NC(=O)N(NC(=O)c3cc4ccccc4o3)C2=O)cc1. The van der Waals surface area contributed by atoms with Gasteiger partial charge in [-0.2, -0.15) is 5.01 Å². The van der Waals surface area contributed by atoms with E-state index in [1.54, 1.807) is 55.5 Å². The van der Waals surface area contributed by atoms with Crippen LogP contribution < -0.4 is 15.5 Å². The number of hydrogen-bond acceptors (Lipinski definition) is 5. The zero-order valence-electron chi connectivity index (χ0n) is 15.2. The molecule has 2 aromatic carbocycles. The number of nitrogens with one attached hydrogen (secondary N) is 2. The molecule has 0 saturated carbocycles. The van der Waals surface area contributed by atoms with Crippen molar-refractivity contribution in [1.29, 1.82) is 0 Å². The molecular formula is C20H17N3O5. The van der Waals surface area contributed by atoms with E-state index in [4.69, 9.17) is 9.15 Å². The number of methoxy groups -OCH3 is 1. The second-order valence-electron chi connectivity index (χ2n) is 6.51. The number of hydrazine groups is 1. The summed E-state index contributed by atoms with van der Waals surface area (Å²) in [6, 6.07) is 14.7. The minimum absolute atomic E-state index is 0.000138. The smallest absolute Gasteiger partial charge is 0.344 e. The quantitative estimate of drug-likeness (QED) is 0.679. The van der Waals surface area contributed by atoms with E-state index in [1.807, 2.05) is 6.07 Å². The first kappa shape index (κ1) is 17.6. The van der Waals surface area contributed by atoms with E-state index in [0.717, 1.165) is 5.39 Å². The number of amides is 4. The number of urea groups is 1. The molecule has 4 rings (SSSR count). The van der Waals surface area contributed by atoms with Gasteiger partial charge in [-0.25, -0.2) is 10.2 Å². The van der Waals surface area contributed by atoms with Crippen LogP contribution in [0.4, 0.5) is 4.79 Å². The van der Waals surface area contributed by atoms with E-state index in [9.17, 15) is 14.4 Å². The van der Waals surface area contributed by atoms with Crippen molar-refractivity contribution in [2.45, 2.75) is 12.5 Å². The second kappa shape index (κ2) is 6.41. The maximum atomic E-state index is 12.9. The lowest BCUT2D eigenvalue weighted by atomic mass is 9.92. The monoisotopic (exact) mass is 379 g/mol. The molecule has 142 valence electrons. The Bertz CT molecular complexity index is 1060. The van der Waals surface area contributed by atoms with Crippen molar-refractivity contribution in [1.82, 2.24) is 15.8 Å². The summed E-state index contributed by atoms with van der Waals surface area (Å²) >= 11 is 0. The van der Waals surface area contributed by atoms with E-state index in [-0.39, 0.29) is 5.76 Å². The van der Waals surface area contributed by atoms with Crippen LogP contribution in [-0.2, 0) is 10.3 Å². The van der Waals surface area contributed by atoms with Gasteiger partial charge in [0.05, 0.1) is 7.11 Å². The Morgan fingerprint density at radius 2 is 1.86 bits per heavy atom. The van der Waals surface area contributed by atoms with Crippen molar-refractivity contribution in [2.24, 2.45) is 0 Å². The van der Waals surface area contributed by atoms with Crippen LogP contribution in [0.5, 0.6) is 5.75 Å². The van der Waals surface area contributed by atoms with E-state index in [1.165, 1.54) is 7.11 Å². The first-order valence-electron chi connectivity index (χ1n) is 8.53. The van der Waals surface area contributed by atoms with Crippen LogP contribution in [0.1, 0.15) is 23.0 Å². The van der Waals surface area contributed by atoms with Gasteiger partial charge in [0.25, 0.3) is 5.91 Å². The molecule has 0 unspecified atom stereocenters. The number of fused-ring (bicyclic) bond motifs is 1. The number of imide groups is 1. The molecule has 3 aromatic rings. The summed E-state index contributed by atoms with van der Waals surface area (Å²) in [5.74, 6) is -0.676. The summed E-state index contributed by atoms with van der Waals surface area (Å²) in [5.41, 5.74) is 2.10. The highest BCUT2D eigenvalue weighted by Crippen LogP contribution is 2.29. The number of rotatable bonds is 4. The Kier molecular flexibility index (Phi) is 4.03. The Balaban J connectivity index is 1.57. The summed E-state index contributed by atoms with van der Waals surface area (Å²) in [5, 5.41) is 4.03. The Morgan fingerprint density at radius 3 is 2.54 bits per heavy atom. The minimum Gasteiger partial charge on any atom is -0.497 e. The molecule has 0 radical (unpaired) electrons. The maximum absolute atomic E-state index is 12.9. The molecule has 1 aliphatic rings. The van der Waals surface area contributed by atoms with Crippen LogP contribution in [0.15, 0.2) is 59.0 Å². The molecule has 1 fully saturated rings. The summed E-state index contributed by atoms with van der Waals surface area (Å²) < 4.78 is 10.6. The van der Waals surface area contributed by atoms with Gasteiger partial charge >= 0.3 is 11.9 Å². The molecule has 0 aliphatic carbocycles. The molecule has 0 bridgehead atoms. The molecule has 1 saturated heterocycles. The largest absolute Gasteiger partial charge is 0.497 e. The minimum atomic E-state index is -1.31. The van der Waals surface area contributed by atoms with Gasteiger partial charge < -0.3 is 14.5 Å². The fraction of sp³-hybridized carbons (Fsp3) is 0.150. The van der Waals surface area contributed by atoms with Crippen LogP contribution in [0.3, 0.4) is 0 Å². The average Bonchev–Trinajstić information content (AvgIpc) is 3.23. The van der Waals surface area contributed by atoms with Crippen molar-refractivity contribution in [3.05, 3.63) is 65.9 Å². The zero-order valence-corrected chi connectivity index (χ0v) is 15.2. The molecule has 28 heavy (non-hydrogen) atoms. The number of carbonyl (C=O) groups is 3. The summed E-state index contributed by atoms with van der Waals surface area (Å²) in [6.45, 7) is 1.57. The van der Waals surface area contributed by atoms with Gasteiger partial charge in [-0.15, -0.1) is 0 Å². The van der Waals surface area contributed by atoms with Crippen LogP contribution in [0, 0.1) is 0 Å². The normalized spacial score (nSPS) is 19.0. The van der Waals surface area contributed by atoms with E-state index in [0.29, 0.717) is 21.9 Å². The van der Waals surface area contributed by atoms with E-state index < -0.39 is 23.4 Å². The lowest BCUT2D eigenvalue weighted by Crippen LogP contribution is -2.47. The van der Waals surface area contributed by atoms with Gasteiger partial charge in [-0.1, -0.05) is 30.3 Å². The lowest BCUT2D eigenvalue weighted by molar-refractivity contribution is -0.132. The van der Waals surface area contributed by atoms with Gasteiger partial charge in [0.2, 0.25) is 0 Å². The average molecular weight is 379 g/mol. The first-order valence-corrected chi connectivity index (χ1v) is 8.53. The van der Waals surface area contributed by atoms with Crippen LogP contribution in [0.2, 0.25) is 0 Å². The molecule has 8 nitrogen and oxygen atoms in total. The number of hydrogen-bond donors (Lipinski definition) is 2. The van der Waals surface area contributed by atoms with Crippen molar-refractivity contribution < 1.29 is 23.5 Å². The molecule has 2 heterocycles. The topological polar surface area (TPSA) is 101 Å². The summed E-state index contributed by atoms with van der Waals surface area (Å²) in [7, 11) is 1.54. The summed E-state index contributed by atoms with van der Waals surface area (Å²) in [4.78, 5) is 37.8. The van der Waals surface area contributed by atoms with Crippen LogP contribution in [0.25, 0.3) is 11.0 Å². The molecule has 1 aromatic heterocycles. The van der Waals surface area contributed by atoms with Gasteiger partial charge in [-0.05, 0) is 36.8 Å². The van der Waals surface area contributed by atoms with Gasteiger partial charge in [-0.3, -0.25) is 9.59 Å². The number of carbonyl (C=O) groups excluding carboxylic acids is 3. The highest BCUT2D eigenvalue weighted by molar-refractivity contribution is 6.09. The van der Waals surface area contributed by atoms with Crippen molar-refractivity contribution in [2.75, 3.05) is 7.11 Å². The van der Waals surface area contributed by atoms with Crippen molar-refractivity contribution in [3.8, 4) is 5.75 Å². The molecule has 8 heteroatoms.